The van der Waals surface area contributed by atoms with E-state index in [-0.39, 0.29) is 23.3 Å². The first-order valence-electron chi connectivity index (χ1n) is 5.49. The number of hydrogen-bond donors (Lipinski definition) is 1. The molecule has 1 fully saturated rings. The molecular formula is C11H10ClFN4O. The Labute approximate surface area is 107 Å². The fourth-order valence-electron chi connectivity index (χ4n) is 1.83. The number of carbonyl (C=O) groups is 1. The number of carbonyl (C=O) groups excluding carboxylic acids is 1. The molecule has 0 saturated heterocycles. The predicted octanol–water partition coefficient (Wildman–Crippen LogP) is 1.92. The van der Waals surface area contributed by atoms with E-state index in [0.29, 0.717) is 5.52 Å². The molecule has 2 aromatic rings. The molecule has 0 radical (unpaired) electrons. The maximum Gasteiger partial charge on any atom is 0.231 e. The monoisotopic (exact) mass is 268 g/mol. The van der Waals surface area contributed by atoms with E-state index in [2.05, 4.69) is 15.3 Å². The summed E-state index contributed by atoms with van der Waals surface area (Å²) < 4.78 is 14.6. The summed E-state index contributed by atoms with van der Waals surface area (Å²) in [6, 6.07) is 1.66. The van der Waals surface area contributed by atoms with Gasteiger partial charge >= 0.3 is 0 Å². The van der Waals surface area contributed by atoms with Crippen molar-refractivity contribution in [2.45, 2.75) is 12.6 Å². The van der Waals surface area contributed by atoms with Crippen molar-refractivity contribution in [3.8, 4) is 0 Å². The summed E-state index contributed by atoms with van der Waals surface area (Å²) in [7, 11) is 1.82. The molecule has 94 valence electrons. The van der Waals surface area contributed by atoms with E-state index in [4.69, 9.17) is 11.6 Å². The number of anilines is 1. The second kappa shape index (κ2) is 3.91. The minimum atomic E-state index is -1.04. The summed E-state index contributed by atoms with van der Waals surface area (Å²) in [6.07, 6.45) is 0.842. The molecule has 2 atom stereocenters. The van der Waals surface area contributed by atoms with E-state index in [0.717, 1.165) is 5.52 Å². The lowest BCUT2D eigenvalue weighted by atomic mass is 10.3. The molecule has 0 aromatic carbocycles. The van der Waals surface area contributed by atoms with Crippen LogP contribution in [0, 0.1) is 5.92 Å². The summed E-state index contributed by atoms with van der Waals surface area (Å²) in [5.74, 6) is -0.657. The van der Waals surface area contributed by atoms with Gasteiger partial charge in [-0.15, -0.1) is 0 Å². The van der Waals surface area contributed by atoms with Gasteiger partial charge in [-0.05, 0) is 6.42 Å². The van der Waals surface area contributed by atoms with E-state index in [1.807, 2.05) is 7.05 Å². The lowest BCUT2D eigenvalue weighted by Gasteiger charge is -2.05. The quantitative estimate of drug-likeness (QED) is 0.847. The number of pyridine rings is 1. The molecule has 1 saturated carbocycles. The van der Waals surface area contributed by atoms with Crippen LogP contribution in [0.5, 0.6) is 0 Å². The number of rotatable bonds is 2. The van der Waals surface area contributed by atoms with Gasteiger partial charge < -0.3 is 9.88 Å². The van der Waals surface area contributed by atoms with Gasteiger partial charge in [0.25, 0.3) is 0 Å². The van der Waals surface area contributed by atoms with Crippen LogP contribution in [0.2, 0.25) is 5.15 Å². The topological polar surface area (TPSA) is 59.8 Å². The van der Waals surface area contributed by atoms with Crippen molar-refractivity contribution >= 4 is 34.4 Å². The highest BCUT2D eigenvalue weighted by molar-refractivity contribution is 6.30. The molecule has 5 nitrogen and oxygen atoms in total. The van der Waals surface area contributed by atoms with Gasteiger partial charge in [0.2, 0.25) is 5.91 Å². The fourth-order valence-corrected chi connectivity index (χ4v) is 2.02. The number of nitrogens with one attached hydrogen (secondary N) is 1. The molecule has 0 spiro atoms. The van der Waals surface area contributed by atoms with Crippen LogP contribution in [0.4, 0.5) is 10.2 Å². The molecular weight excluding hydrogens is 259 g/mol. The minimum Gasteiger partial charge on any atom is -0.334 e. The first kappa shape index (κ1) is 11.4. The molecule has 1 aliphatic carbocycles. The Morgan fingerprint density at radius 3 is 3.06 bits per heavy atom. The molecule has 18 heavy (non-hydrogen) atoms. The normalized spacial score (nSPS) is 22.2. The van der Waals surface area contributed by atoms with Gasteiger partial charge in [0.1, 0.15) is 16.8 Å². The molecule has 1 N–H and O–H groups in total. The zero-order chi connectivity index (χ0) is 12.9. The highest BCUT2D eigenvalue weighted by atomic mass is 35.5. The molecule has 7 heteroatoms. The summed E-state index contributed by atoms with van der Waals surface area (Å²) in [6.45, 7) is 0. The van der Waals surface area contributed by atoms with E-state index >= 15 is 0 Å². The smallest absolute Gasteiger partial charge is 0.231 e. The van der Waals surface area contributed by atoms with Gasteiger partial charge in [0.05, 0.1) is 17.8 Å². The molecule has 0 aliphatic heterocycles. The standard InChI is InChI=1S/C11H10ClFN4O/c1-17-4-14-9-7(17)3-8(12)15-10(9)16-11(18)5-2-6(5)13/h3-6H,2H2,1H3,(H,15,16,18)/t5-,6+/m0/s1. The van der Waals surface area contributed by atoms with Crippen molar-refractivity contribution < 1.29 is 9.18 Å². The van der Waals surface area contributed by atoms with Gasteiger partial charge in [-0.3, -0.25) is 4.79 Å². The summed E-state index contributed by atoms with van der Waals surface area (Å²) >= 11 is 5.88. The largest absolute Gasteiger partial charge is 0.334 e. The van der Waals surface area contributed by atoms with Crippen LogP contribution in [0.15, 0.2) is 12.4 Å². The highest BCUT2D eigenvalue weighted by Gasteiger charge is 2.43. The zero-order valence-electron chi connectivity index (χ0n) is 9.52. The third kappa shape index (κ3) is 1.82. The lowest BCUT2D eigenvalue weighted by molar-refractivity contribution is -0.117. The van der Waals surface area contributed by atoms with Crippen LogP contribution in [-0.4, -0.2) is 26.6 Å². The number of hydrogen-bond acceptors (Lipinski definition) is 3. The van der Waals surface area contributed by atoms with Crippen molar-refractivity contribution in [1.29, 1.82) is 0 Å². The molecule has 0 unspecified atom stereocenters. The molecule has 2 aromatic heterocycles. The molecule has 3 rings (SSSR count). The Morgan fingerprint density at radius 2 is 2.39 bits per heavy atom. The first-order valence-corrected chi connectivity index (χ1v) is 5.86. The highest BCUT2D eigenvalue weighted by Crippen LogP contribution is 2.35. The number of alkyl halides is 1. The van der Waals surface area contributed by atoms with Crippen LogP contribution in [0.1, 0.15) is 6.42 Å². The molecule has 2 heterocycles. The Hall–Kier alpha value is -1.69. The Bertz CT molecular complexity index is 641. The summed E-state index contributed by atoms with van der Waals surface area (Å²) in [5, 5.41) is 2.84. The van der Waals surface area contributed by atoms with E-state index in [1.165, 1.54) is 0 Å². The fraction of sp³-hybridized carbons (Fsp3) is 0.364. The van der Waals surface area contributed by atoms with Crippen LogP contribution in [-0.2, 0) is 11.8 Å². The number of aromatic nitrogens is 3. The predicted molar refractivity (Wildman–Crippen MR) is 65.2 cm³/mol. The van der Waals surface area contributed by atoms with Gasteiger partial charge in [-0.2, -0.15) is 0 Å². The van der Waals surface area contributed by atoms with E-state index in [1.54, 1.807) is 17.0 Å². The molecule has 1 aliphatic rings. The van der Waals surface area contributed by atoms with Crippen LogP contribution >= 0.6 is 11.6 Å². The van der Waals surface area contributed by atoms with Crippen molar-refractivity contribution in [2.75, 3.05) is 5.32 Å². The average molecular weight is 269 g/mol. The number of fused-ring (bicyclic) bond motifs is 1. The SMILES string of the molecule is Cn1cnc2c(NC(=O)[C@H]3C[C@H]3F)nc(Cl)cc21. The second-order valence-corrected chi connectivity index (χ2v) is 4.75. The summed E-state index contributed by atoms with van der Waals surface area (Å²) in [4.78, 5) is 19.8. The molecule has 1 amide bonds. The lowest BCUT2D eigenvalue weighted by Crippen LogP contribution is -2.16. The van der Waals surface area contributed by atoms with E-state index in [9.17, 15) is 9.18 Å². The van der Waals surface area contributed by atoms with Crippen LogP contribution in [0.25, 0.3) is 11.0 Å². The molecule has 0 bridgehead atoms. The zero-order valence-corrected chi connectivity index (χ0v) is 10.3. The maximum absolute atomic E-state index is 12.8. The Balaban J connectivity index is 1.98. The Morgan fingerprint density at radius 1 is 1.67 bits per heavy atom. The maximum atomic E-state index is 12.8. The van der Waals surface area contributed by atoms with Gasteiger partial charge in [-0.1, -0.05) is 11.6 Å². The Kier molecular flexibility index (Phi) is 2.48. The number of aryl methyl sites for hydroxylation is 1. The number of halogens is 2. The van der Waals surface area contributed by atoms with Gasteiger partial charge in [0, 0.05) is 13.1 Å². The van der Waals surface area contributed by atoms with Crippen molar-refractivity contribution in [3.05, 3.63) is 17.5 Å². The third-order valence-electron chi connectivity index (χ3n) is 2.97. The number of nitrogens with zero attached hydrogens (tertiary/aromatic N) is 3. The first-order chi connectivity index (χ1) is 8.56. The van der Waals surface area contributed by atoms with Crippen molar-refractivity contribution in [3.63, 3.8) is 0 Å². The second-order valence-electron chi connectivity index (χ2n) is 4.36. The summed E-state index contributed by atoms with van der Waals surface area (Å²) in [5.41, 5.74) is 1.31. The van der Waals surface area contributed by atoms with E-state index < -0.39 is 12.1 Å². The average Bonchev–Trinajstić information content (AvgIpc) is 2.93. The number of imidazole rings is 1. The minimum absolute atomic E-state index is 0.258. The third-order valence-corrected chi connectivity index (χ3v) is 3.17. The van der Waals surface area contributed by atoms with Crippen molar-refractivity contribution in [2.24, 2.45) is 13.0 Å². The number of amides is 1. The van der Waals surface area contributed by atoms with Crippen LogP contribution < -0.4 is 5.32 Å². The van der Waals surface area contributed by atoms with Gasteiger partial charge in [-0.25, -0.2) is 14.4 Å². The van der Waals surface area contributed by atoms with Crippen LogP contribution in [0.3, 0.4) is 0 Å². The van der Waals surface area contributed by atoms with Gasteiger partial charge in [0.15, 0.2) is 5.82 Å². The van der Waals surface area contributed by atoms with Crippen molar-refractivity contribution in [1.82, 2.24) is 14.5 Å².